The van der Waals surface area contributed by atoms with Crippen molar-refractivity contribution in [2.24, 2.45) is 0 Å². The summed E-state index contributed by atoms with van der Waals surface area (Å²) in [5.74, 6) is -0.194. The minimum atomic E-state index is -0.833. The smallest absolute Gasteiger partial charge is 0.300 e. The number of fused-ring (bicyclic) bond motifs is 2. The third-order valence-corrected chi connectivity index (χ3v) is 4.87. The second kappa shape index (κ2) is 7.69. The van der Waals surface area contributed by atoms with Crippen LogP contribution < -0.4 is 5.43 Å². The predicted molar refractivity (Wildman–Crippen MR) is 112 cm³/mol. The molecule has 2 aromatic rings. The topological polar surface area (TPSA) is 67.5 Å². The monoisotopic (exact) mass is 374 g/mol. The van der Waals surface area contributed by atoms with E-state index in [-0.39, 0.29) is 5.43 Å². The Morgan fingerprint density at radius 1 is 0.929 bits per heavy atom. The number of aliphatic carboxylic acids is 1. The van der Waals surface area contributed by atoms with Gasteiger partial charge in [0.25, 0.3) is 5.97 Å². The molecule has 0 bridgehead atoms. The Balaban J connectivity index is 0.000000516. The fourth-order valence-corrected chi connectivity index (χ4v) is 3.34. The average molecular weight is 374 g/mol. The van der Waals surface area contributed by atoms with E-state index in [1.807, 2.05) is 24.3 Å². The van der Waals surface area contributed by atoms with Gasteiger partial charge in [-0.05, 0) is 61.2 Å². The molecule has 0 atom stereocenters. The van der Waals surface area contributed by atoms with E-state index in [4.69, 9.17) is 14.3 Å². The van der Waals surface area contributed by atoms with Crippen LogP contribution in [-0.2, 0) is 4.79 Å². The van der Waals surface area contributed by atoms with Crippen LogP contribution in [0.25, 0.3) is 33.4 Å². The summed E-state index contributed by atoms with van der Waals surface area (Å²) < 4.78 is 6.16. The van der Waals surface area contributed by atoms with Crippen molar-refractivity contribution in [2.45, 2.75) is 27.7 Å². The molecule has 0 saturated carbocycles. The van der Waals surface area contributed by atoms with Crippen LogP contribution in [0.3, 0.4) is 0 Å². The summed E-state index contributed by atoms with van der Waals surface area (Å²) in [6, 6.07) is 17.5. The lowest BCUT2D eigenvalue weighted by Gasteiger charge is -2.18. The molecule has 4 rings (SSSR count). The summed E-state index contributed by atoms with van der Waals surface area (Å²) >= 11 is 0. The Bertz CT molecular complexity index is 1180. The summed E-state index contributed by atoms with van der Waals surface area (Å²) in [7, 11) is 0. The third-order valence-electron chi connectivity index (χ3n) is 4.87. The molecule has 0 radical (unpaired) electrons. The Hall–Kier alpha value is -3.40. The molecule has 0 fully saturated rings. The van der Waals surface area contributed by atoms with Crippen LogP contribution in [0.2, 0.25) is 0 Å². The van der Waals surface area contributed by atoms with Crippen molar-refractivity contribution in [3.63, 3.8) is 0 Å². The van der Waals surface area contributed by atoms with Crippen molar-refractivity contribution >= 4 is 16.9 Å². The first-order chi connectivity index (χ1) is 13.3. The number of hydrogen-bond acceptors (Lipinski definition) is 3. The highest BCUT2D eigenvalue weighted by Gasteiger charge is 2.19. The molecular weight excluding hydrogens is 352 g/mol. The lowest BCUT2D eigenvalue weighted by molar-refractivity contribution is -0.134. The second-order valence-corrected chi connectivity index (χ2v) is 6.84. The van der Waals surface area contributed by atoms with E-state index in [1.54, 1.807) is 12.1 Å². The minimum absolute atomic E-state index is 0.0360. The predicted octanol–water partition coefficient (Wildman–Crippen LogP) is 5.58. The van der Waals surface area contributed by atoms with Gasteiger partial charge in [0.1, 0.15) is 11.3 Å². The molecule has 0 aromatic heterocycles. The Kier molecular flexibility index (Phi) is 5.32. The van der Waals surface area contributed by atoms with E-state index < -0.39 is 5.97 Å². The van der Waals surface area contributed by atoms with Crippen molar-refractivity contribution < 1.29 is 14.3 Å². The summed E-state index contributed by atoms with van der Waals surface area (Å²) in [6.45, 7) is 7.40. The molecule has 142 valence electrons. The molecule has 4 heteroatoms. The highest BCUT2D eigenvalue weighted by molar-refractivity contribution is 6.03. The summed E-state index contributed by atoms with van der Waals surface area (Å²) in [4.78, 5) is 20.8. The van der Waals surface area contributed by atoms with Crippen molar-refractivity contribution in [1.29, 1.82) is 0 Å². The number of hydrogen-bond donors (Lipinski definition) is 1. The van der Waals surface area contributed by atoms with Crippen LogP contribution in [0, 0.1) is 20.8 Å². The zero-order chi connectivity index (χ0) is 20.4. The number of carbonyl (C=O) groups is 1. The SMILES string of the molecule is CC(=O)O.Cc1cc2c(-c3ccccc3)c3ccc(=O)cc-3oc2c(C)c1C. The van der Waals surface area contributed by atoms with Crippen molar-refractivity contribution in [1.82, 2.24) is 0 Å². The van der Waals surface area contributed by atoms with E-state index in [0.717, 1.165) is 40.1 Å². The van der Waals surface area contributed by atoms with Gasteiger partial charge >= 0.3 is 0 Å². The maximum atomic E-state index is 11.8. The van der Waals surface area contributed by atoms with E-state index in [2.05, 4.69) is 39.0 Å². The van der Waals surface area contributed by atoms with Gasteiger partial charge in [0.15, 0.2) is 5.43 Å². The molecule has 0 unspecified atom stereocenters. The lowest BCUT2D eigenvalue weighted by Crippen LogP contribution is -2.01. The van der Waals surface area contributed by atoms with E-state index >= 15 is 0 Å². The lowest BCUT2D eigenvalue weighted by atomic mass is 9.90. The molecule has 0 spiro atoms. The van der Waals surface area contributed by atoms with E-state index in [0.29, 0.717) is 5.76 Å². The van der Waals surface area contributed by atoms with Crippen molar-refractivity contribution in [3.05, 3.63) is 81.5 Å². The van der Waals surface area contributed by atoms with Gasteiger partial charge in [-0.15, -0.1) is 0 Å². The minimum Gasteiger partial charge on any atom is -0.481 e. The molecule has 2 aromatic carbocycles. The van der Waals surface area contributed by atoms with Crippen LogP contribution >= 0.6 is 0 Å². The fourth-order valence-electron chi connectivity index (χ4n) is 3.34. The van der Waals surface area contributed by atoms with Crippen LogP contribution in [-0.4, -0.2) is 11.1 Å². The van der Waals surface area contributed by atoms with Crippen LogP contribution in [0.15, 0.2) is 63.8 Å². The van der Waals surface area contributed by atoms with Gasteiger partial charge in [-0.3, -0.25) is 9.59 Å². The Morgan fingerprint density at radius 2 is 1.57 bits per heavy atom. The summed E-state index contributed by atoms with van der Waals surface area (Å²) in [5, 5.41) is 8.51. The first-order valence-electron chi connectivity index (χ1n) is 9.02. The van der Waals surface area contributed by atoms with Gasteiger partial charge in [-0.25, -0.2) is 0 Å². The van der Waals surface area contributed by atoms with Crippen LogP contribution in [0.5, 0.6) is 0 Å². The fraction of sp³-hybridized carbons (Fsp3) is 0.167. The molecule has 1 heterocycles. The van der Waals surface area contributed by atoms with Crippen molar-refractivity contribution in [2.75, 3.05) is 0 Å². The molecule has 0 saturated heterocycles. The van der Waals surface area contributed by atoms with Gasteiger partial charge in [0.05, 0.1) is 0 Å². The highest BCUT2D eigenvalue weighted by atomic mass is 16.4. The van der Waals surface area contributed by atoms with Gasteiger partial charge in [-0.2, -0.15) is 0 Å². The molecule has 2 aliphatic rings. The summed E-state index contributed by atoms with van der Waals surface area (Å²) in [6.07, 6.45) is 0. The zero-order valence-corrected chi connectivity index (χ0v) is 16.4. The largest absolute Gasteiger partial charge is 0.481 e. The van der Waals surface area contributed by atoms with Crippen molar-refractivity contribution in [3.8, 4) is 22.5 Å². The number of carboxylic acids is 1. The number of benzene rings is 3. The maximum absolute atomic E-state index is 11.8. The van der Waals surface area contributed by atoms with Crippen LogP contribution in [0.4, 0.5) is 0 Å². The highest BCUT2D eigenvalue weighted by Crippen LogP contribution is 2.41. The number of carboxylic acid groups (broad SMARTS) is 1. The van der Waals surface area contributed by atoms with Crippen LogP contribution in [0.1, 0.15) is 23.6 Å². The standard InChI is InChI=1S/C22H18O2.C2H4O2/c1-13-11-19-21(16-7-5-4-6-8-16)18-10-9-17(23)12-20(18)24-22(19)15(3)14(13)2;1-2(3)4/h4-12H,1-3H3;1H3,(H,3,4). The maximum Gasteiger partial charge on any atom is 0.300 e. The molecule has 1 aliphatic heterocycles. The third kappa shape index (κ3) is 3.67. The van der Waals surface area contributed by atoms with Gasteiger partial charge < -0.3 is 9.52 Å². The second-order valence-electron chi connectivity index (χ2n) is 6.84. The quantitative estimate of drug-likeness (QED) is 0.442. The number of rotatable bonds is 1. The first-order valence-corrected chi connectivity index (χ1v) is 9.02. The normalized spacial score (nSPS) is 10.6. The molecule has 1 aliphatic carbocycles. The van der Waals surface area contributed by atoms with Gasteiger partial charge in [-0.1, -0.05) is 30.3 Å². The Morgan fingerprint density at radius 3 is 2.21 bits per heavy atom. The first kappa shape index (κ1) is 19.4. The zero-order valence-electron chi connectivity index (χ0n) is 16.4. The van der Waals surface area contributed by atoms with Gasteiger partial charge in [0.2, 0.25) is 0 Å². The van der Waals surface area contributed by atoms with E-state index in [1.165, 1.54) is 11.1 Å². The van der Waals surface area contributed by atoms with Gasteiger partial charge in [0, 0.05) is 29.5 Å². The average Bonchev–Trinajstić information content (AvgIpc) is 2.65. The molecule has 28 heavy (non-hydrogen) atoms. The Labute approximate surface area is 163 Å². The summed E-state index contributed by atoms with van der Waals surface area (Å²) in [5.41, 5.74) is 7.63. The molecule has 0 amide bonds. The number of aryl methyl sites for hydroxylation is 2. The molecular formula is C24H22O4. The molecule has 4 nitrogen and oxygen atoms in total. The molecule has 1 N–H and O–H groups in total. The van der Waals surface area contributed by atoms with E-state index in [9.17, 15) is 4.79 Å².